The minimum absolute atomic E-state index is 0.351. The molecule has 86 valence electrons. The van der Waals surface area contributed by atoms with E-state index in [2.05, 4.69) is 4.98 Å². The van der Waals surface area contributed by atoms with Gasteiger partial charge in [-0.2, -0.15) is 0 Å². The van der Waals surface area contributed by atoms with E-state index in [0.717, 1.165) is 11.4 Å². The van der Waals surface area contributed by atoms with Gasteiger partial charge in [-0.3, -0.25) is 4.98 Å². The lowest BCUT2D eigenvalue weighted by Gasteiger charge is -2.17. The highest BCUT2D eigenvalue weighted by molar-refractivity contribution is 5.86. The number of aromatic nitrogens is 1. The van der Waals surface area contributed by atoms with Crippen molar-refractivity contribution in [3.63, 3.8) is 0 Å². The van der Waals surface area contributed by atoms with Gasteiger partial charge in [0.15, 0.2) is 0 Å². The molecule has 0 atom stereocenters. The molecule has 0 saturated carbocycles. The van der Waals surface area contributed by atoms with E-state index < -0.39 is 5.60 Å². The number of carbonyl (C=O) groups excluding carboxylic acids is 1. The second-order valence-corrected chi connectivity index (χ2v) is 4.57. The van der Waals surface area contributed by atoms with E-state index in [1.165, 1.54) is 6.08 Å². The van der Waals surface area contributed by atoms with Crippen molar-refractivity contribution in [3.05, 3.63) is 35.7 Å². The fraction of sp³-hybridized carbons (Fsp3) is 0.385. The molecule has 16 heavy (non-hydrogen) atoms. The van der Waals surface area contributed by atoms with Crippen molar-refractivity contribution in [2.75, 3.05) is 0 Å². The summed E-state index contributed by atoms with van der Waals surface area (Å²) in [6.45, 7) is 7.42. The third-order valence-electron chi connectivity index (χ3n) is 1.71. The van der Waals surface area contributed by atoms with Crippen molar-refractivity contribution in [1.82, 2.24) is 4.98 Å². The zero-order valence-electron chi connectivity index (χ0n) is 10.2. The Hall–Kier alpha value is -1.64. The molecule has 0 saturated heterocycles. The zero-order chi connectivity index (χ0) is 12.2. The molecule has 0 aliphatic carbocycles. The predicted molar refractivity (Wildman–Crippen MR) is 63.9 cm³/mol. The highest BCUT2D eigenvalue weighted by atomic mass is 16.6. The summed E-state index contributed by atoms with van der Waals surface area (Å²) in [5.74, 6) is -0.351. The molecule has 0 amide bonds. The number of hydrogen-bond acceptors (Lipinski definition) is 3. The standard InChI is InChI=1S/C13H17NO2/c1-10-6-5-7-11(14-10)8-9-12(15)16-13(2,3)4/h5-9H,1-4H3. The number of hydrogen-bond donors (Lipinski definition) is 0. The minimum atomic E-state index is -0.457. The van der Waals surface area contributed by atoms with Crippen LogP contribution in [0.25, 0.3) is 6.08 Å². The van der Waals surface area contributed by atoms with Gasteiger partial charge in [0, 0.05) is 11.8 Å². The van der Waals surface area contributed by atoms with Crippen LogP contribution in [0.15, 0.2) is 24.3 Å². The van der Waals surface area contributed by atoms with Crippen LogP contribution in [0.4, 0.5) is 0 Å². The second kappa shape index (κ2) is 4.92. The van der Waals surface area contributed by atoms with Gasteiger partial charge in [0.2, 0.25) is 0 Å². The van der Waals surface area contributed by atoms with E-state index in [1.807, 2.05) is 45.9 Å². The van der Waals surface area contributed by atoms with Crippen LogP contribution >= 0.6 is 0 Å². The number of ether oxygens (including phenoxy) is 1. The predicted octanol–water partition coefficient (Wildman–Crippen LogP) is 2.74. The van der Waals surface area contributed by atoms with Gasteiger partial charge in [0.25, 0.3) is 0 Å². The molecule has 0 radical (unpaired) electrons. The molecule has 0 aromatic carbocycles. The fourth-order valence-electron chi connectivity index (χ4n) is 1.15. The summed E-state index contributed by atoms with van der Waals surface area (Å²) in [6, 6.07) is 5.65. The Morgan fingerprint density at radius 1 is 1.38 bits per heavy atom. The van der Waals surface area contributed by atoms with Gasteiger partial charge in [-0.1, -0.05) is 6.07 Å². The lowest BCUT2D eigenvalue weighted by Crippen LogP contribution is -2.22. The van der Waals surface area contributed by atoms with Gasteiger partial charge in [0.1, 0.15) is 5.60 Å². The third kappa shape index (κ3) is 4.73. The summed E-state index contributed by atoms with van der Waals surface area (Å²) >= 11 is 0. The van der Waals surface area contributed by atoms with Crippen LogP contribution in [0, 0.1) is 6.92 Å². The molecule has 1 heterocycles. The normalized spacial score (nSPS) is 11.8. The summed E-state index contributed by atoms with van der Waals surface area (Å²) in [4.78, 5) is 15.6. The maximum absolute atomic E-state index is 11.4. The van der Waals surface area contributed by atoms with E-state index in [0.29, 0.717) is 0 Å². The molecular weight excluding hydrogens is 202 g/mol. The molecule has 0 bridgehead atoms. The van der Waals surface area contributed by atoms with Crippen LogP contribution in [0.2, 0.25) is 0 Å². The zero-order valence-corrected chi connectivity index (χ0v) is 10.2. The molecule has 0 N–H and O–H groups in total. The SMILES string of the molecule is Cc1cccc(C=CC(=O)OC(C)(C)C)n1. The van der Waals surface area contributed by atoms with Crippen molar-refractivity contribution < 1.29 is 9.53 Å². The van der Waals surface area contributed by atoms with E-state index >= 15 is 0 Å². The molecule has 0 spiro atoms. The number of pyridine rings is 1. The quantitative estimate of drug-likeness (QED) is 0.567. The lowest BCUT2D eigenvalue weighted by atomic mass is 10.2. The van der Waals surface area contributed by atoms with Gasteiger partial charge in [0.05, 0.1) is 5.69 Å². The number of nitrogens with zero attached hydrogens (tertiary/aromatic N) is 1. The number of aryl methyl sites for hydroxylation is 1. The fourth-order valence-corrected chi connectivity index (χ4v) is 1.15. The first-order chi connectivity index (χ1) is 7.37. The minimum Gasteiger partial charge on any atom is -0.457 e. The van der Waals surface area contributed by atoms with Gasteiger partial charge < -0.3 is 4.74 Å². The Morgan fingerprint density at radius 2 is 2.06 bits per heavy atom. The lowest BCUT2D eigenvalue weighted by molar-refractivity contribution is -0.148. The summed E-state index contributed by atoms with van der Waals surface area (Å²) in [7, 11) is 0. The molecule has 0 aliphatic heterocycles. The van der Waals surface area contributed by atoms with Crippen LogP contribution < -0.4 is 0 Å². The van der Waals surface area contributed by atoms with Gasteiger partial charge >= 0.3 is 5.97 Å². The van der Waals surface area contributed by atoms with Crippen LogP contribution in [0.5, 0.6) is 0 Å². The van der Waals surface area contributed by atoms with Crippen molar-refractivity contribution >= 4 is 12.0 Å². The molecule has 3 nitrogen and oxygen atoms in total. The van der Waals surface area contributed by atoms with Crippen LogP contribution in [-0.4, -0.2) is 16.6 Å². The first-order valence-electron chi connectivity index (χ1n) is 5.21. The molecule has 0 fully saturated rings. The van der Waals surface area contributed by atoms with Crippen molar-refractivity contribution in [3.8, 4) is 0 Å². The van der Waals surface area contributed by atoms with Gasteiger partial charge in [-0.05, 0) is 45.9 Å². The maximum Gasteiger partial charge on any atom is 0.331 e. The number of rotatable bonds is 2. The summed E-state index contributed by atoms with van der Waals surface area (Å²) < 4.78 is 5.14. The second-order valence-electron chi connectivity index (χ2n) is 4.57. The average Bonchev–Trinajstić information content (AvgIpc) is 2.12. The largest absolute Gasteiger partial charge is 0.457 e. The van der Waals surface area contributed by atoms with Crippen molar-refractivity contribution in [2.24, 2.45) is 0 Å². The topological polar surface area (TPSA) is 39.2 Å². The monoisotopic (exact) mass is 219 g/mol. The molecule has 1 aromatic rings. The van der Waals surface area contributed by atoms with Crippen LogP contribution in [-0.2, 0) is 9.53 Å². The molecule has 1 rings (SSSR count). The van der Waals surface area contributed by atoms with E-state index in [-0.39, 0.29) is 5.97 Å². The van der Waals surface area contributed by atoms with Crippen LogP contribution in [0.3, 0.4) is 0 Å². The highest BCUT2D eigenvalue weighted by Crippen LogP contribution is 2.08. The van der Waals surface area contributed by atoms with E-state index in [1.54, 1.807) is 6.08 Å². The summed E-state index contributed by atoms with van der Waals surface area (Å²) in [5.41, 5.74) is 1.22. The Morgan fingerprint density at radius 3 is 2.62 bits per heavy atom. The van der Waals surface area contributed by atoms with Crippen molar-refractivity contribution in [1.29, 1.82) is 0 Å². The molecule has 3 heteroatoms. The Kier molecular flexibility index (Phi) is 3.82. The molecule has 0 unspecified atom stereocenters. The highest BCUT2D eigenvalue weighted by Gasteiger charge is 2.13. The Labute approximate surface area is 96.2 Å². The first kappa shape index (κ1) is 12.4. The summed E-state index contributed by atoms with van der Waals surface area (Å²) in [5, 5.41) is 0. The Bertz CT molecular complexity index is 403. The third-order valence-corrected chi connectivity index (χ3v) is 1.71. The molecular formula is C13H17NO2. The smallest absolute Gasteiger partial charge is 0.331 e. The maximum atomic E-state index is 11.4. The van der Waals surface area contributed by atoms with E-state index in [4.69, 9.17) is 4.74 Å². The number of carbonyl (C=O) groups is 1. The van der Waals surface area contributed by atoms with Gasteiger partial charge in [-0.25, -0.2) is 4.79 Å². The molecule has 0 aliphatic rings. The van der Waals surface area contributed by atoms with Crippen molar-refractivity contribution in [2.45, 2.75) is 33.3 Å². The molecule has 1 aromatic heterocycles. The number of esters is 1. The van der Waals surface area contributed by atoms with Crippen LogP contribution in [0.1, 0.15) is 32.2 Å². The Balaban J connectivity index is 2.64. The van der Waals surface area contributed by atoms with E-state index in [9.17, 15) is 4.79 Å². The van der Waals surface area contributed by atoms with Gasteiger partial charge in [-0.15, -0.1) is 0 Å². The summed E-state index contributed by atoms with van der Waals surface area (Å²) in [6.07, 6.45) is 3.05. The average molecular weight is 219 g/mol. The first-order valence-corrected chi connectivity index (χ1v) is 5.21.